The van der Waals surface area contributed by atoms with Crippen molar-refractivity contribution in [1.29, 1.82) is 0 Å². The molecule has 9 nitrogen and oxygen atoms in total. The lowest BCUT2D eigenvalue weighted by atomic mass is 9.91. The van der Waals surface area contributed by atoms with E-state index < -0.39 is 11.7 Å². The molecule has 0 radical (unpaired) electrons. The van der Waals surface area contributed by atoms with Crippen LogP contribution in [0.3, 0.4) is 0 Å². The van der Waals surface area contributed by atoms with Gasteiger partial charge in [-0.05, 0) is 98.0 Å². The maximum atomic E-state index is 13.7. The molecule has 51 heavy (non-hydrogen) atoms. The Morgan fingerprint density at radius 2 is 1.69 bits per heavy atom. The van der Waals surface area contributed by atoms with Crippen molar-refractivity contribution in [3.63, 3.8) is 0 Å². The summed E-state index contributed by atoms with van der Waals surface area (Å²) in [5.41, 5.74) is 15.6. The smallest absolute Gasteiger partial charge is 0.410 e. The third kappa shape index (κ3) is 7.14. The molecule has 3 N–H and O–H groups in total. The molecule has 1 saturated heterocycles. The fraction of sp³-hybridized carbons (Fsp3) is 0.317. The molecule has 2 aliphatic rings. The van der Waals surface area contributed by atoms with Gasteiger partial charge in [-0.25, -0.2) is 9.78 Å². The molecule has 1 aliphatic carbocycles. The summed E-state index contributed by atoms with van der Waals surface area (Å²) in [5, 5.41) is 3.59. The first kappa shape index (κ1) is 34.5. The van der Waals surface area contributed by atoms with Crippen LogP contribution in [0.2, 0.25) is 5.02 Å². The second kappa shape index (κ2) is 13.6. The van der Waals surface area contributed by atoms with Crippen molar-refractivity contribution < 1.29 is 14.3 Å². The number of amides is 2. The van der Waals surface area contributed by atoms with Crippen LogP contribution in [0.1, 0.15) is 55.9 Å². The molecule has 2 atom stereocenters. The predicted octanol–water partition coefficient (Wildman–Crippen LogP) is 7.10. The average Bonchev–Trinajstić information content (AvgIpc) is 3.68. The van der Waals surface area contributed by atoms with E-state index in [1.165, 1.54) is 26.6 Å². The maximum Gasteiger partial charge on any atom is 0.410 e. The summed E-state index contributed by atoms with van der Waals surface area (Å²) in [6, 6.07) is 22.6. The molecule has 3 aromatic carbocycles. The van der Waals surface area contributed by atoms with Crippen LogP contribution < -0.4 is 16.6 Å². The van der Waals surface area contributed by atoms with E-state index in [1.54, 1.807) is 27.0 Å². The summed E-state index contributed by atoms with van der Waals surface area (Å²) in [4.78, 5) is 44.9. The number of hydrogen-bond donors (Lipinski definition) is 2. The summed E-state index contributed by atoms with van der Waals surface area (Å²) in [6.45, 7) is 7.68. The van der Waals surface area contributed by atoms with Crippen LogP contribution in [0.15, 0.2) is 83.9 Å². The van der Waals surface area contributed by atoms with Crippen molar-refractivity contribution in [2.45, 2.75) is 77.6 Å². The zero-order valence-electron chi connectivity index (χ0n) is 29.3. The number of rotatable bonds is 7. The van der Waals surface area contributed by atoms with E-state index in [4.69, 9.17) is 22.1 Å². The highest BCUT2D eigenvalue weighted by Gasteiger charge is 2.29. The Morgan fingerprint density at radius 3 is 2.43 bits per heavy atom. The van der Waals surface area contributed by atoms with Gasteiger partial charge in [0.15, 0.2) is 0 Å². The molecule has 262 valence electrons. The van der Waals surface area contributed by atoms with Crippen molar-refractivity contribution in [3.8, 4) is 33.4 Å². The highest BCUT2D eigenvalue weighted by atomic mass is 35.5. The zero-order valence-corrected chi connectivity index (χ0v) is 30.1. The molecule has 7 rings (SSSR count). The zero-order chi connectivity index (χ0) is 36.0. The molecular weight excluding hydrogens is 662 g/mol. The minimum Gasteiger partial charge on any atom is -0.444 e. The number of benzene rings is 3. The van der Waals surface area contributed by atoms with Crippen molar-refractivity contribution >= 4 is 29.2 Å². The van der Waals surface area contributed by atoms with E-state index in [0.29, 0.717) is 29.1 Å². The molecule has 2 aromatic heterocycles. The van der Waals surface area contributed by atoms with Crippen molar-refractivity contribution in [2.24, 2.45) is 5.73 Å². The normalized spacial score (nSPS) is 17.0. The van der Waals surface area contributed by atoms with Gasteiger partial charge in [0.1, 0.15) is 11.2 Å². The lowest BCUT2D eigenvalue weighted by Crippen LogP contribution is -2.44. The third-order valence-corrected chi connectivity index (χ3v) is 10.1. The standard InChI is InChI=1S/C41H42ClN5O4/c1-24-32(7-5-8-33(24)35-10-6-9-34(38(35)42)26-12-11-25-18-30(43)19-28(25)17-26)27-15-16-47-36(20-27)44-21-29(39(47)49)22-46(40(50)51-41(2,3)4)23-31-13-14-37(48)45-31/h5-12,15-17,20-21,30-31H,13-14,18-19,22-23,43H2,1-4H3,(H,45,48)/t30?,31-/m0/s1. The number of carbonyl (C=O) groups is 2. The molecule has 2 amide bonds. The summed E-state index contributed by atoms with van der Waals surface area (Å²) in [7, 11) is 0. The molecule has 1 unspecified atom stereocenters. The van der Waals surface area contributed by atoms with Crippen LogP contribution in [-0.4, -0.2) is 50.5 Å². The first-order chi connectivity index (χ1) is 24.3. The molecule has 3 heterocycles. The van der Waals surface area contributed by atoms with Gasteiger partial charge < -0.3 is 20.7 Å². The van der Waals surface area contributed by atoms with Crippen LogP contribution in [0.25, 0.3) is 39.0 Å². The number of fused-ring (bicyclic) bond motifs is 2. The quantitative estimate of drug-likeness (QED) is 0.187. The van der Waals surface area contributed by atoms with E-state index in [2.05, 4.69) is 53.6 Å². The molecule has 10 heteroatoms. The highest BCUT2D eigenvalue weighted by Crippen LogP contribution is 2.41. The number of nitrogens with one attached hydrogen (secondary N) is 1. The molecule has 1 fully saturated rings. The number of pyridine rings is 1. The Morgan fingerprint density at radius 1 is 0.980 bits per heavy atom. The summed E-state index contributed by atoms with van der Waals surface area (Å²) < 4.78 is 7.13. The van der Waals surface area contributed by atoms with Crippen molar-refractivity contribution in [3.05, 3.63) is 117 Å². The Labute approximate surface area is 302 Å². The van der Waals surface area contributed by atoms with Gasteiger partial charge in [-0.2, -0.15) is 0 Å². The van der Waals surface area contributed by atoms with Gasteiger partial charge in [0.05, 0.1) is 17.1 Å². The lowest BCUT2D eigenvalue weighted by Gasteiger charge is -2.29. The minimum atomic E-state index is -0.720. The van der Waals surface area contributed by atoms with Crippen LogP contribution >= 0.6 is 11.6 Å². The first-order valence-electron chi connectivity index (χ1n) is 17.4. The Bertz CT molecular complexity index is 2240. The Kier molecular flexibility index (Phi) is 9.20. The highest BCUT2D eigenvalue weighted by molar-refractivity contribution is 6.36. The van der Waals surface area contributed by atoms with E-state index in [1.807, 2.05) is 30.3 Å². The number of aromatic nitrogens is 2. The van der Waals surface area contributed by atoms with Crippen LogP contribution in [0.4, 0.5) is 4.79 Å². The van der Waals surface area contributed by atoms with Gasteiger partial charge in [0, 0.05) is 48.6 Å². The molecule has 5 aromatic rings. The first-order valence-corrected chi connectivity index (χ1v) is 17.8. The van der Waals surface area contributed by atoms with E-state index in [-0.39, 0.29) is 36.6 Å². The number of nitrogens with two attached hydrogens (primary N) is 1. The number of carbonyl (C=O) groups excluding carboxylic acids is 2. The molecule has 1 aliphatic heterocycles. The van der Waals surface area contributed by atoms with Crippen molar-refractivity contribution in [1.82, 2.24) is 19.6 Å². The SMILES string of the molecule is Cc1c(-c2ccn3c(=O)c(CN(C[C@@H]4CCC(=O)N4)C(=O)OC(C)(C)C)cnc3c2)cccc1-c1cccc(-c2ccc3c(c2)CC(N)C3)c1Cl. The number of ether oxygens (including phenoxy) is 1. The van der Waals surface area contributed by atoms with Gasteiger partial charge in [-0.3, -0.25) is 14.0 Å². The fourth-order valence-electron chi connectivity index (χ4n) is 7.23. The topological polar surface area (TPSA) is 119 Å². The van der Waals surface area contributed by atoms with Gasteiger partial charge in [-0.1, -0.05) is 66.2 Å². The van der Waals surface area contributed by atoms with E-state index in [0.717, 1.165) is 51.8 Å². The number of nitrogens with zero attached hydrogens (tertiary/aromatic N) is 3. The summed E-state index contributed by atoms with van der Waals surface area (Å²) >= 11 is 7.16. The van der Waals surface area contributed by atoms with Crippen molar-refractivity contribution in [2.75, 3.05) is 6.54 Å². The van der Waals surface area contributed by atoms with Crippen LogP contribution in [0.5, 0.6) is 0 Å². The van der Waals surface area contributed by atoms with E-state index in [9.17, 15) is 14.4 Å². The van der Waals surface area contributed by atoms with E-state index >= 15 is 0 Å². The maximum absolute atomic E-state index is 13.7. The second-order valence-corrected chi connectivity index (χ2v) is 15.1. The van der Waals surface area contributed by atoms with Crippen LogP contribution in [0, 0.1) is 6.92 Å². The minimum absolute atomic E-state index is 0.00220. The summed E-state index contributed by atoms with van der Waals surface area (Å²) in [6.07, 6.45) is 5.49. The second-order valence-electron chi connectivity index (χ2n) is 14.7. The molecule has 0 spiro atoms. The Balaban J connectivity index is 1.18. The largest absolute Gasteiger partial charge is 0.444 e. The van der Waals surface area contributed by atoms with Gasteiger partial charge >= 0.3 is 6.09 Å². The van der Waals surface area contributed by atoms with Gasteiger partial charge in [-0.15, -0.1) is 0 Å². The molecule has 0 saturated carbocycles. The molecular formula is C41H42ClN5O4. The van der Waals surface area contributed by atoms with Gasteiger partial charge in [0.2, 0.25) is 5.91 Å². The number of halogens is 1. The average molecular weight is 704 g/mol. The number of hydrogen-bond acceptors (Lipinski definition) is 6. The van der Waals surface area contributed by atoms with Crippen LogP contribution in [-0.2, 0) is 28.9 Å². The third-order valence-electron chi connectivity index (χ3n) is 9.73. The Hall–Kier alpha value is -4.99. The molecule has 0 bridgehead atoms. The monoisotopic (exact) mass is 703 g/mol. The summed E-state index contributed by atoms with van der Waals surface area (Å²) in [5.74, 6) is -0.0504. The predicted molar refractivity (Wildman–Crippen MR) is 201 cm³/mol. The fourth-order valence-corrected chi connectivity index (χ4v) is 7.56. The lowest BCUT2D eigenvalue weighted by molar-refractivity contribution is -0.119. The van der Waals surface area contributed by atoms with Gasteiger partial charge in [0.25, 0.3) is 5.56 Å².